The Hall–Kier alpha value is -1.52. The monoisotopic (exact) mass is 255 g/mol. The zero-order valence-corrected chi connectivity index (χ0v) is 11.2. The summed E-state index contributed by atoms with van der Waals surface area (Å²) in [4.78, 5) is 20.8. The number of amides is 1. The molecule has 2 aliphatic heterocycles. The third-order valence-corrected chi connectivity index (χ3v) is 4.17. The van der Waals surface area contributed by atoms with Gasteiger partial charge in [-0.2, -0.15) is 0 Å². The van der Waals surface area contributed by atoms with Crippen LogP contribution in [0, 0.1) is 0 Å². The summed E-state index contributed by atoms with van der Waals surface area (Å²) < 4.78 is 0. The lowest BCUT2D eigenvalue weighted by molar-refractivity contribution is -0.134. The molecule has 98 valence electrons. The van der Waals surface area contributed by atoms with Crippen LogP contribution in [0.2, 0.25) is 0 Å². The lowest BCUT2D eigenvalue weighted by atomic mass is 9.99. The molecule has 4 nitrogen and oxygen atoms in total. The van der Waals surface area contributed by atoms with Crippen LogP contribution in [0.1, 0.15) is 26.2 Å². The van der Waals surface area contributed by atoms with Crippen LogP contribution in [0.25, 0.3) is 0 Å². The second kappa shape index (κ2) is 4.87. The summed E-state index contributed by atoms with van der Waals surface area (Å²) in [6.07, 6.45) is 4.53. The topological polar surface area (TPSA) is 36.4 Å². The van der Waals surface area contributed by atoms with Crippen LogP contribution in [0.15, 0.2) is 18.3 Å². The summed E-state index contributed by atoms with van der Waals surface area (Å²) >= 11 is 0. The molecule has 0 N–H and O–H groups in total. The first-order valence-corrected chi connectivity index (χ1v) is 6.96. The number of piperazine rings is 1. The van der Waals surface area contributed by atoms with Gasteiger partial charge in [0.1, 0.15) is 13.7 Å². The van der Waals surface area contributed by atoms with Crippen LogP contribution in [0.4, 0.5) is 5.82 Å². The lowest BCUT2D eigenvalue weighted by Crippen LogP contribution is -2.56. The number of fused-ring (bicyclic) bond motifs is 2. The van der Waals surface area contributed by atoms with E-state index < -0.39 is 0 Å². The summed E-state index contributed by atoms with van der Waals surface area (Å²) in [5.74, 6) is 1.26. The van der Waals surface area contributed by atoms with Crippen molar-refractivity contribution in [2.24, 2.45) is 0 Å². The molecule has 2 atom stereocenters. The van der Waals surface area contributed by atoms with Crippen molar-refractivity contribution >= 4 is 25.0 Å². The number of aromatic nitrogens is 1. The minimum Gasteiger partial charge on any atom is -0.352 e. The van der Waals surface area contributed by atoms with Crippen molar-refractivity contribution in [2.75, 3.05) is 18.0 Å². The molecule has 0 aliphatic carbocycles. The van der Waals surface area contributed by atoms with Crippen molar-refractivity contribution in [3.05, 3.63) is 18.3 Å². The van der Waals surface area contributed by atoms with Gasteiger partial charge in [0, 0.05) is 37.8 Å². The molecule has 1 amide bonds. The molecule has 5 heteroatoms. The number of anilines is 1. The van der Waals surface area contributed by atoms with E-state index in [4.69, 9.17) is 7.85 Å². The van der Waals surface area contributed by atoms with E-state index in [2.05, 4.69) is 14.8 Å². The Balaban J connectivity index is 1.77. The van der Waals surface area contributed by atoms with Gasteiger partial charge >= 0.3 is 0 Å². The number of rotatable bonds is 2. The van der Waals surface area contributed by atoms with Crippen LogP contribution < -0.4 is 10.4 Å². The molecule has 2 saturated heterocycles. The van der Waals surface area contributed by atoms with Gasteiger partial charge in [0.2, 0.25) is 5.91 Å². The predicted octanol–water partition coefficient (Wildman–Crippen LogP) is 0.465. The van der Waals surface area contributed by atoms with E-state index in [9.17, 15) is 4.79 Å². The Kier molecular flexibility index (Phi) is 3.21. The predicted molar refractivity (Wildman–Crippen MR) is 75.8 cm³/mol. The smallest absolute Gasteiger partial charge is 0.222 e. The van der Waals surface area contributed by atoms with Crippen molar-refractivity contribution in [3.8, 4) is 0 Å². The number of hydrogen-bond donors (Lipinski definition) is 0. The maximum atomic E-state index is 12.0. The molecule has 2 fully saturated rings. The first-order chi connectivity index (χ1) is 9.19. The number of pyridine rings is 1. The summed E-state index contributed by atoms with van der Waals surface area (Å²) in [5.41, 5.74) is 0.687. The van der Waals surface area contributed by atoms with Crippen molar-refractivity contribution in [2.45, 2.75) is 38.3 Å². The Labute approximate surface area is 115 Å². The van der Waals surface area contributed by atoms with Gasteiger partial charge in [-0.05, 0) is 18.9 Å². The largest absolute Gasteiger partial charge is 0.352 e. The van der Waals surface area contributed by atoms with E-state index in [1.165, 1.54) is 0 Å². The fourth-order valence-electron chi connectivity index (χ4n) is 3.26. The van der Waals surface area contributed by atoms with Crippen LogP contribution in [-0.2, 0) is 4.79 Å². The Morgan fingerprint density at radius 3 is 2.58 bits per heavy atom. The SMILES string of the molecule is [B]c1ccc(N2C[C@H]3CC[C@@H](C2)N3C(=O)CC)nc1. The van der Waals surface area contributed by atoms with Crippen LogP contribution >= 0.6 is 0 Å². The number of nitrogens with zero attached hydrogens (tertiary/aromatic N) is 3. The minimum absolute atomic E-state index is 0.289. The Bertz CT molecular complexity index is 462. The first kappa shape index (κ1) is 12.5. The molecule has 2 aliphatic rings. The van der Waals surface area contributed by atoms with E-state index >= 15 is 0 Å². The third kappa shape index (κ3) is 2.22. The van der Waals surface area contributed by atoms with Crippen LogP contribution in [-0.4, -0.2) is 48.8 Å². The second-order valence-corrected chi connectivity index (χ2v) is 5.39. The third-order valence-electron chi connectivity index (χ3n) is 4.17. The highest BCUT2D eigenvalue weighted by molar-refractivity contribution is 6.32. The van der Waals surface area contributed by atoms with E-state index in [0.717, 1.165) is 31.7 Å². The number of hydrogen-bond acceptors (Lipinski definition) is 3. The molecule has 1 aromatic heterocycles. The fourth-order valence-corrected chi connectivity index (χ4v) is 3.26. The molecule has 0 spiro atoms. The van der Waals surface area contributed by atoms with E-state index in [1.54, 1.807) is 6.20 Å². The molecule has 1 aromatic rings. The van der Waals surface area contributed by atoms with Crippen molar-refractivity contribution in [1.29, 1.82) is 0 Å². The fraction of sp³-hybridized carbons (Fsp3) is 0.571. The van der Waals surface area contributed by atoms with Gasteiger partial charge in [-0.1, -0.05) is 18.5 Å². The molecule has 2 radical (unpaired) electrons. The summed E-state index contributed by atoms with van der Waals surface area (Å²) in [7, 11) is 5.67. The first-order valence-electron chi connectivity index (χ1n) is 6.96. The average Bonchev–Trinajstić information content (AvgIpc) is 2.69. The maximum absolute atomic E-state index is 12.0. The second-order valence-electron chi connectivity index (χ2n) is 5.39. The van der Waals surface area contributed by atoms with Crippen molar-refractivity contribution in [3.63, 3.8) is 0 Å². The van der Waals surface area contributed by atoms with Crippen molar-refractivity contribution < 1.29 is 4.79 Å². The molecule has 0 saturated carbocycles. The number of carbonyl (C=O) groups excluding carboxylic acids is 1. The van der Waals surface area contributed by atoms with Gasteiger partial charge in [-0.25, -0.2) is 4.98 Å². The quantitative estimate of drug-likeness (QED) is 0.720. The molecular formula is C14H18BN3O. The molecule has 3 rings (SSSR count). The normalized spacial score (nSPS) is 25.7. The van der Waals surface area contributed by atoms with E-state index in [1.807, 2.05) is 19.1 Å². The Morgan fingerprint density at radius 2 is 2.05 bits per heavy atom. The highest BCUT2D eigenvalue weighted by Gasteiger charge is 2.42. The molecular weight excluding hydrogens is 237 g/mol. The van der Waals surface area contributed by atoms with Gasteiger partial charge in [0.25, 0.3) is 0 Å². The highest BCUT2D eigenvalue weighted by atomic mass is 16.2. The van der Waals surface area contributed by atoms with Crippen molar-refractivity contribution in [1.82, 2.24) is 9.88 Å². The van der Waals surface area contributed by atoms with E-state index in [-0.39, 0.29) is 5.91 Å². The molecule has 3 heterocycles. The van der Waals surface area contributed by atoms with Gasteiger partial charge in [-0.3, -0.25) is 4.79 Å². The van der Waals surface area contributed by atoms with Gasteiger partial charge in [0.05, 0.1) is 0 Å². The maximum Gasteiger partial charge on any atom is 0.222 e. The summed E-state index contributed by atoms with van der Waals surface area (Å²) in [5, 5.41) is 0. The average molecular weight is 255 g/mol. The van der Waals surface area contributed by atoms with Crippen LogP contribution in [0.3, 0.4) is 0 Å². The van der Waals surface area contributed by atoms with Crippen LogP contribution in [0.5, 0.6) is 0 Å². The Morgan fingerprint density at radius 1 is 1.37 bits per heavy atom. The zero-order chi connectivity index (χ0) is 13.4. The van der Waals surface area contributed by atoms with Gasteiger partial charge in [-0.15, -0.1) is 0 Å². The number of carbonyl (C=O) groups is 1. The summed E-state index contributed by atoms with van der Waals surface area (Å²) in [6.45, 7) is 3.72. The minimum atomic E-state index is 0.289. The molecule has 0 aromatic carbocycles. The summed E-state index contributed by atoms with van der Waals surface area (Å²) in [6, 6.07) is 4.55. The molecule has 19 heavy (non-hydrogen) atoms. The van der Waals surface area contributed by atoms with Gasteiger partial charge < -0.3 is 9.80 Å². The van der Waals surface area contributed by atoms with E-state index in [0.29, 0.717) is 24.0 Å². The highest BCUT2D eigenvalue weighted by Crippen LogP contribution is 2.32. The van der Waals surface area contributed by atoms with Gasteiger partial charge in [0.15, 0.2) is 0 Å². The standard InChI is InChI=1S/C14H18BN3O/c1-2-14(19)18-11-4-5-12(18)9-17(8-11)13-6-3-10(15)7-16-13/h3,6-7,11-12H,2,4-5,8-9H2,1H3/t11-,12+. The molecule has 0 unspecified atom stereocenters. The lowest BCUT2D eigenvalue weighted by Gasteiger charge is -2.41. The zero-order valence-electron chi connectivity index (χ0n) is 11.2. The molecule has 2 bridgehead atoms.